The van der Waals surface area contributed by atoms with Crippen molar-refractivity contribution in [2.45, 2.75) is 64.0 Å². The van der Waals surface area contributed by atoms with Crippen LogP contribution in [0.1, 0.15) is 50.5 Å². The van der Waals surface area contributed by atoms with Crippen molar-refractivity contribution in [1.82, 2.24) is 4.90 Å². The molecule has 3 nitrogen and oxygen atoms in total. The van der Waals surface area contributed by atoms with Crippen LogP contribution in [0.4, 0.5) is 10.1 Å². The lowest BCUT2D eigenvalue weighted by molar-refractivity contribution is 0.0770. The second kappa shape index (κ2) is 6.88. The number of aliphatic hydroxyl groups excluding tert-OH is 1. The summed E-state index contributed by atoms with van der Waals surface area (Å²) in [6, 6.07) is 6.28. The zero-order valence-electron chi connectivity index (χ0n) is 15.4. The van der Waals surface area contributed by atoms with E-state index in [-0.39, 0.29) is 11.9 Å². The topological polar surface area (TPSA) is 26.7 Å². The highest BCUT2D eigenvalue weighted by atomic mass is 19.1. The van der Waals surface area contributed by atoms with Crippen LogP contribution in [0.2, 0.25) is 0 Å². The molecule has 2 saturated heterocycles. The van der Waals surface area contributed by atoms with Gasteiger partial charge in [0, 0.05) is 31.1 Å². The predicted molar refractivity (Wildman–Crippen MR) is 99.5 cm³/mol. The Morgan fingerprint density at radius 2 is 1.88 bits per heavy atom. The molecule has 1 aromatic rings. The van der Waals surface area contributed by atoms with Gasteiger partial charge in [0.25, 0.3) is 0 Å². The zero-order valence-corrected chi connectivity index (χ0v) is 15.4. The number of halogens is 1. The Bertz CT molecular complexity index is 614. The van der Waals surface area contributed by atoms with Crippen LogP contribution in [0.3, 0.4) is 0 Å². The minimum Gasteiger partial charge on any atom is -0.393 e. The van der Waals surface area contributed by atoms with Gasteiger partial charge in [-0.25, -0.2) is 4.39 Å². The Labute approximate surface area is 150 Å². The third kappa shape index (κ3) is 3.56. The summed E-state index contributed by atoms with van der Waals surface area (Å²) in [4.78, 5) is 4.95. The van der Waals surface area contributed by atoms with Crippen LogP contribution in [0.15, 0.2) is 18.2 Å². The van der Waals surface area contributed by atoms with Gasteiger partial charge in [0.1, 0.15) is 5.82 Å². The van der Waals surface area contributed by atoms with Crippen LogP contribution in [0.5, 0.6) is 0 Å². The number of nitrogens with zero attached hydrogens (tertiary/aromatic N) is 2. The van der Waals surface area contributed by atoms with Crippen molar-refractivity contribution in [1.29, 1.82) is 0 Å². The number of benzene rings is 1. The Morgan fingerprint density at radius 3 is 2.64 bits per heavy atom. The molecule has 2 heterocycles. The number of anilines is 1. The first-order chi connectivity index (χ1) is 12.0. The molecule has 1 aromatic carbocycles. The number of piperidine rings is 1. The van der Waals surface area contributed by atoms with E-state index in [1.807, 2.05) is 19.1 Å². The smallest absolute Gasteiger partial charge is 0.146 e. The molecule has 3 aliphatic rings. The standard InChI is InChI=1S/C21H31FN2O/c1-16-3-8-20(19(22)13-16)24-11-2-9-21(15-24)10-12-23(14-21)17-4-6-18(25)7-5-17/h3,8,13,17-18,25H,2,4-7,9-12,14-15H2,1H3/t17-,18-,21-/m1/s1. The van der Waals surface area contributed by atoms with Gasteiger partial charge < -0.3 is 10.0 Å². The van der Waals surface area contributed by atoms with E-state index < -0.39 is 0 Å². The van der Waals surface area contributed by atoms with E-state index in [0.717, 1.165) is 63.0 Å². The molecular weight excluding hydrogens is 315 g/mol. The SMILES string of the molecule is Cc1ccc(N2CCC[C@]3(CCN([C@H]4CC[C@H](O)CC4)C3)C2)c(F)c1. The average molecular weight is 346 g/mol. The molecule has 25 heavy (non-hydrogen) atoms. The summed E-state index contributed by atoms with van der Waals surface area (Å²) in [7, 11) is 0. The summed E-state index contributed by atoms with van der Waals surface area (Å²) >= 11 is 0. The molecule has 0 radical (unpaired) electrons. The number of hydrogen-bond acceptors (Lipinski definition) is 3. The molecule has 1 N–H and O–H groups in total. The average Bonchev–Trinajstić information content (AvgIpc) is 2.99. The molecule has 0 amide bonds. The summed E-state index contributed by atoms with van der Waals surface area (Å²) in [6.45, 7) is 6.22. The van der Waals surface area contributed by atoms with Gasteiger partial charge in [0.15, 0.2) is 0 Å². The van der Waals surface area contributed by atoms with Crippen molar-refractivity contribution in [2.75, 3.05) is 31.1 Å². The number of likely N-dealkylation sites (tertiary alicyclic amines) is 1. The zero-order chi connectivity index (χ0) is 17.4. The van der Waals surface area contributed by atoms with Crippen molar-refractivity contribution in [3.8, 4) is 0 Å². The maximum absolute atomic E-state index is 14.4. The normalized spacial score (nSPS) is 34.0. The van der Waals surface area contributed by atoms with Gasteiger partial charge in [-0.05, 0) is 76.1 Å². The molecule has 2 aliphatic heterocycles. The minimum absolute atomic E-state index is 0.0758. The molecule has 1 atom stereocenters. The van der Waals surface area contributed by atoms with Crippen LogP contribution in [0.25, 0.3) is 0 Å². The number of aliphatic hydroxyl groups is 1. The molecule has 4 rings (SSSR count). The van der Waals surface area contributed by atoms with Gasteiger partial charge in [-0.15, -0.1) is 0 Å². The lowest BCUT2D eigenvalue weighted by Crippen LogP contribution is -2.46. The van der Waals surface area contributed by atoms with Crippen LogP contribution in [-0.2, 0) is 0 Å². The van der Waals surface area contributed by atoms with Crippen molar-refractivity contribution >= 4 is 5.69 Å². The molecule has 0 bridgehead atoms. The minimum atomic E-state index is -0.0810. The largest absolute Gasteiger partial charge is 0.393 e. The van der Waals surface area contributed by atoms with Gasteiger partial charge >= 0.3 is 0 Å². The highest BCUT2D eigenvalue weighted by Crippen LogP contribution is 2.42. The molecule has 1 aliphatic carbocycles. The van der Waals surface area contributed by atoms with E-state index >= 15 is 0 Å². The van der Waals surface area contributed by atoms with Crippen molar-refractivity contribution in [3.05, 3.63) is 29.6 Å². The first-order valence-corrected chi connectivity index (χ1v) is 9.98. The quantitative estimate of drug-likeness (QED) is 0.884. The van der Waals surface area contributed by atoms with Gasteiger partial charge in [-0.1, -0.05) is 6.07 Å². The van der Waals surface area contributed by atoms with Crippen molar-refractivity contribution in [2.24, 2.45) is 5.41 Å². The lowest BCUT2D eigenvalue weighted by atomic mass is 9.79. The highest BCUT2D eigenvalue weighted by Gasteiger charge is 2.43. The summed E-state index contributed by atoms with van der Waals surface area (Å²) in [5.74, 6) is -0.0758. The van der Waals surface area contributed by atoms with Crippen LogP contribution in [0, 0.1) is 18.2 Å². The third-order valence-corrected chi connectivity index (χ3v) is 6.76. The summed E-state index contributed by atoms with van der Waals surface area (Å²) in [5.41, 5.74) is 2.09. The predicted octanol–water partition coefficient (Wildman–Crippen LogP) is 3.73. The second-order valence-electron chi connectivity index (χ2n) is 8.66. The number of hydrogen-bond donors (Lipinski definition) is 1. The Balaban J connectivity index is 1.44. The molecule has 138 valence electrons. The lowest BCUT2D eigenvalue weighted by Gasteiger charge is -2.42. The fourth-order valence-electron chi connectivity index (χ4n) is 5.32. The first-order valence-electron chi connectivity index (χ1n) is 9.98. The summed E-state index contributed by atoms with van der Waals surface area (Å²) < 4.78 is 14.4. The van der Waals surface area contributed by atoms with E-state index in [2.05, 4.69) is 9.80 Å². The summed E-state index contributed by atoms with van der Waals surface area (Å²) in [6.07, 6.45) is 7.75. The number of aryl methyl sites for hydroxylation is 1. The molecule has 3 fully saturated rings. The fourth-order valence-corrected chi connectivity index (χ4v) is 5.32. The molecule has 0 unspecified atom stereocenters. The van der Waals surface area contributed by atoms with Crippen molar-refractivity contribution < 1.29 is 9.50 Å². The summed E-state index contributed by atoms with van der Waals surface area (Å²) in [5, 5.41) is 9.76. The van der Waals surface area contributed by atoms with Crippen LogP contribution >= 0.6 is 0 Å². The van der Waals surface area contributed by atoms with Crippen molar-refractivity contribution in [3.63, 3.8) is 0 Å². The first kappa shape index (κ1) is 17.3. The van der Waals surface area contributed by atoms with E-state index in [9.17, 15) is 9.50 Å². The van der Waals surface area contributed by atoms with Crippen LogP contribution < -0.4 is 4.90 Å². The van der Waals surface area contributed by atoms with Gasteiger partial charge in [0.2, 0.25) is 0 Å². The van der Waals surface area contributed by atoms with Crippen LogP contribution in [-0.4, -0.2) is 48.3 Å². The maximum atomic E-state index is 14.4. The van der Waals surface area contributed by atoms with Gasteiger partial charge in [0.05, 0.1) is 11.8 Å². The number of rotatable bonds is 2. The molecular formula is C21H31FN2O. The Morgan fingerprint density at radius 1 is 1.08 bits per heavy atom. The molecule has 1 saturated carbocycles. The third-order valence-electron chi connectivity index (χ3n) is 6.76. The highest BCUT2D eigenvalue weighted by molar-refractivity contribution is 5.49. The van der Waals surface area contributed by atoms with E-state index in [1.54, 1.807) is 6.07 Å². The van der Waals surface area contributed by atoms with Gasteiger partial charge in [-0.3, -0.25) is 4.90 Å². The van der Waals surface area contributed by atoms with E-state index in [4.69, 9.17) is 0 Å². The molecule has 4 heteroatoms. The molecule has 0 aromatic heterocycles. The monoisotopic (exact) mass is 346 g/mol. The fraction of sp³-hybridized carbons (Fsp3) is 0.714. The molecule has 1 spiro atoms. The van der Waals surface area contributed by atoms with Gasteiger partial charge in [-0.2, -0.15) is 0 Å². The van der Waals surface area contributed by atoms with E-state index in [0.29, 0.717) is 11.5 Å². The Hall–Kier alpha value is -1.13. The van der Waals surface area contributed by atoms with E-state index in [1.165, 1.54) is 19.4 Å². The maximum Gasteiger partial charge on any atom is 0.146 e. The second-order valence-corrected chi connectivity index (χ2v) is 8.66. The Kier molecular flexibility index (Phi) is 4.76.